The number of hydrogen-bond acceptors (Lipinski definition) is 3. The third kappa shape index (κ3) is 2.73. The van der Waals surface area contributed by atoms with E-state index in [9.17, 15) is 8.42 Å². The molecule has 2 heterocycles. The molecule has 5 nitrogen and oxygen atoms in total. The first kappa shape index (κ1) is 14.3. The molecular weight excluding hydrogens is 286 g/mol. The summed E-state index contributed by atoms with van der Waals surface area (Å²) in [6.45, 7) is 3.04. The lowest BCUT2D eigenvalue weighted by Crippen LogP contribution is -2.25. The Morgan fingerprint density at radius 1 is 1.33 bits per heavy atom. The number of benzene rings is 1. The molecule has 21 heavy (non-hydrogen) atoms. The maximum atomic E-state index is 11.9. The molecule has 0 spiro atoms. The number of rotatable bonds is 3. The first-order chi connectivity index (χ1) is 9.97. The van der Waals surface area contributed by atoms with E-state index in [1.54, 1.807) is 4.31 Å². The van der Waals surface area contributed by atoms with Crippen molar-refractivity contribution in [3.05, 3.63) is 41.9 Å². The monoisotopic (exact) mass is 305 g/mol. The molecule has 0 bridgehead atoms. The van der Waals surface area contributed by atoms with E-state index < -0.39 is 10.0 Å². The van der Waals surface area contributed by atoms with Gasteiger partial charge in [-0.25, -0.2) is 13.4 Å². The molecule has 0 aliphatic carbocycles. The highest BCUT2D eigenvalue weighted by molar-refractivity contribution is 7.89. The summed E-state index contributed by atoms with van der Waals surface area (Å²) in [6, 6.07) is 8.01. The van der Waals surface area contributed by atoms with Crippen molar-refractivity contribution in [2.75, 3.05) is 12.3 Å². The highest BCUT2D eigenvalue weighted by Crippen LogP contribution is 2.23. The van der Waals surface area contributed by atoms with E-state index >= 15 is 0 Å². The van der Waals surface area contributed by atoms with Crippen molar-refractivity contribution in [1.29, 1.82) is 0 Å². The molecule has 2 aromatic rings. The predicted octanol–water partition coefficient (Wildman–Crippen LogP) is 1.93. The van der Waals surface area contributed by atoms with Crippen LogP contribution in [-0.2, 0) is 23.6 Å². The fraction of sp³-hybridized carbons (Fsp3) is 0.400. The quantitative estimate of drug-likeness (QED) is 0.870. The van der Waals surface area contributed by atoms with Crippen LogP contribution in [0.3, 0.4) is 0 Å². The molecule has 0 N–H and O–H groups in total. The fourth-order valence-corrected chi connectivity index (χ4v) is 4.18. The normalized spacial score (nSPS) is 18.2. The molecule has 1 saturated heterocycles. The molecule has 1 aliphatic heterocycles. The Labute approximate surface area is 125 Å². The molecule has 6 heteroatoms. The van der Waals surface area contributed by atoms with Gasteiger partial charge in [-0.15, -0.1) is 0 Å². The number of aryl methyl sites for hydroxylation is 1. The van der Waals surface area contributed by atoms with E-state index in [1.807, 2.05) is 49.0 Å². The SMILES string of the molecule is Cc1ncc(-c2cccc(CN3CCCS3(=O)=O)c2)n1C. The Kier molecular flexibility index (Phi) is 3.59. The number of hydrogen-bond donors (Lipinski definition) is 0. The second-order valence-electron chi connectivity index (χ2n) is 5.45. The maximum absolute atomic E-state index is 11.9. The average Bonchev–Trinajstić information content (AvgIpc) is 2.94. The summed E-state index contributed by atoms with van der Waals surface area (Å²) in [4.78, 5) is 4.31. The summed E-state index contributed by atoms with van der Waals surface area (Å²) >= 11 is 0. The Bertz CT molecular complexity index is 765. The van der Waals surface area contributed by atoms with Gasteiger partial charge >= 0.3 is 0 Å². The van der Waals surface area contributed by atoms with E-state index in [0.717, 1.165) is 29.1 Å². The van der Waals surface area contributed by atoms with Crippen LogP contribution in [0.15, 0.2) is 30.5 Å². The van der Waals surface area contributed by atoms with Crippen LogP contribution in [0.1, 0.15) is 17.8 Å². The second kappa shape index (κ2) is 5.27. The number of aromatic nitrogens is 2. The standard InChI is InChI=1S/C15H19N3O2S/c1-12-16-10-15(17(12)2)14-6-3-5-13(9-14)11-18-7-4-8-21(18,19)20/h3,5-6,9-10H,4,7-8,11H2,1-2H3. The minimum Gasteiger partial charge on any atom is -0.331 e. The van der Waals surface area contributed by atoms with Crippen molar-refractivity contribution < 1.29 is 8.42 Å². The van der Waals surface area contributed by atoms with Crippen molar-refractivity contribution in [2.24, 2.45) is 7.05 Å². The van der Waals surface area contributed by atoms with Crippen LogP contribution >= 0.6 is 0 Å². The molecule has 3 rings (SSSR count). The molecule has 1 fully saturated rings. The van der Waals surface area contributed by atoms with Gasteiger partial charge in [0.05, 0.1) is 17.6 Å². The number of sulfonamides is 1. The van der Waals surface area contributed by atoms with Crippen molar-refractivity contribution in [2.45, 2.75) is 19.9 Å². The second-order valence-corrected chi connectivity index (χ2v) is 7.54. The molecule has 0 amide bonds. The Morgan fingerprint density at radius 2 is 2.14 bits per heavy atom. The van der Waals surface area contributed by atoms with Crippen LogP contribution in [0.2, 0.25) is 0 Å². The molecule has 1 aliphatic rings. The molecule has 1 aromatic carbocycles. The molecule has 0 unspecified atom stereocenters. The lowest BCUT2D eigenvalue weighted by atomic mass is 10.1. The Morgan fingerprint density at radius 3 is 2.76 bits per heavy atom. The fourth-order valence-electron chi connectivity index (χ4n) is 2.67. The number of imidazole rings is 1. The topological polar surface area (TPSA) is 55.2 Å². The minimum atomic E-state index is -3.05. The summed E-state index contributed by atoms with van der Waals surface area (Å²) in [7, 11) is -1.07. The zero-order valence-corrected chi connectivity index (χ0v) is 13.1. The first-order valence-corrected chi connectivity index (χ1v) is 8.64. The average molecular weight is 305 g/mol. The third-order valence-corrected chi connectivity index (χ3v) is 5.91. The van der Waals surface area contributed by atoms with E-state index in [2.05, 4.69) is 4.98 Å². The van der Waals surface area contributed by atoms with Gasteiger partial charge in [0.15, 0.2) is 0 Å². The van der Waals surface area contributed by atoms with E-state index in [4.69, 9.17) is 0 Å². The zero-order valence-electron chi connectivity index (χ0n) is 12.3. The van der Waals surface area contributed by atoms with Gasteiger partial charge in [-0.05, 0) is 25.0 Å². The van der Waals surface area contributed by atoms with Gasteiger partial charge in [-0.1, -0.05) is 18.2 Å². The maximum Gasteiger partial charge on any atom is 0.214 e. The van der Waals surface area contributed by atoms with Gasteiger partial charge in [-0.2, -0.15) is 4.31 Å². The summed E-state index contributed by atoms with van der Waals surface area (Å²) in [5.41, 5.74) is 3.11. The van der Waals surface area contributed by atoms with E-state index in [1.165, 1.54) is 0 Å². The molecule has 0 saturated carbocycles. The Hall–Kier alpha value is -1.66. The summed E-state index contributed by atoms with van der Waals surface area (Å²) < 4.78 is 27.4. The molecule has 0 radical (unpaired) electrons. The van der Waals surface area contributed by atoms with E-state index in [-0.39, 0.29) is 5.75 Å². The molecule has 1 aromatic heterocycles. The van der Waals surface area contributed by atoms with Crippen LogP contribution in [0.5, 0.6) is 0 Å². The largest absolute Gasteiger partial charge is 0.331 e. The number of nitrogens with zero attached hydrogens (tertiary/aromatic N) is 3. The van der Waals surface area contributed by atoms with Gasteiger partial charge < -0.3 is 4.57 Å². The van der Waals surface area contributed by atoms with Gasteiger partial charge in [0, 0.05) is 25.7 Å². The zero-order chi connectivity index (χ0) is 15.0. The highest BCUT2D eigenvalue weighted by Gasteiger charge is 2.28. The lowest BCUT2D eigenvalue weighted by Gasteiger charge is -2.15. The van der Waals surface area contributed by atoms with Gasteiger partial charge in [0.1, 0.15) is 5.82 Å². The van der Waals surface area contributed by atoms with Crippen LogP contribution in [0.25, 0.3) is 11.3 Å². The van der Waals surface area contributed by atoms with Crippen molar-refractivity contribution >= 4 is 10.0 Å². The van der Waals surface area contributed by atoms with Gasteiger partial charge in [-0.3, -0.25) is 0 Å². The van der Waals surface area contributed by atoms with Crippen molar-refractivity contribution in [1.82, 2.24) is 13.9 Å². The molecule has 112 valence electrons. The van der Waals surface area contributed by atoms with Crippen LogP contribution in [-0.4, -0.2) is 34.6 Å². The molecule has 0 atom stereocenters. The first-order valence-electron chi connectivity index (χ1n) is 7.03. The Balaban J connectivity index is 1.89. The smallest absolute Gasteiger partial charge is 0.214 e. The summed E-state index contributed by atoms with van der Waals surface area (Å²) in [5, 5.41) is 0. The predicted molar refractivity (Wildman–Crippen MR) is 82.2 cm³/mol. The van der Waals surface area contributed by atoms with Gasteiger partial charge in [0.25, 0.3) is 0 Å². The highest BCUT2D eigenvalue weighted by atomic mass is 32.2. The molecular formula is C15H19N3O2S. The minimum absolute atomic E-state index is 0.271. The van der Waals surface area contributed by atoms with Gasteiger partial charge in [0.2, 0.25) is 10.0 Å². The van der Waals surface area contributed by atoms with Crippen LogP contribution in [0.4, 0.5) is 0 Å². The van der Waals surface area contributed by atoms with E-state index in [0.29, 0.717) is 13.1 Å². The van der Waals surface area contributed by atoms with Crippen molar-refractivity contribution in [3.8, 4) is 11.3 Å². The lowest BCUT2D eigenvalue weighted by molar-refractivity contribution is 0.440. The van der Waals surface area contributed by atoms with Crippen LogP contribution in [0, 0.1) is 6.92 Å². The third-order valence-electron chi connectivity index (χ3n) is 4.01. The summed E-state index contributed by atoms with van der Waals surface area (Å²) in [6.07, 6.45) is 2.57. The van der Waals surface area contributed by atoms with Crippen molar-refractivity contribution in [3.63, 3.8) is 0 Å². The summed E-state index contributed by atoms with van der Waals surface area (Å²) in [5.74, 6) is 1.23. The van der Waals surface area contributed by atoms with Crippen LogP contribution < -0.4 is 0 Å².